The highest BCUT2D eigenvalue weighted by Gasteiger charge is 2.19. The molecule has 2 aromatic carbocycles. The zero-order chi connectivity index (χ0) is 18.9. The molecule has 27 heavy (non-hydrogen) atoms. The predicted octanol–water partition coefficient (Wildman–Crippen LogP) is 3.93. The number of rotatable bonds is 5. The summed E-state index contributed by atoms with van der Waals surface area (Å²) in [5, 5.41) is 5.60. The maximum atomic E-state index is 12.8. The molecule has 0 fully saturated rings. The smallest absolute Gasteiger partial charge is 0.264 e. The molecule has 0 amide bonds. The van der Waals surface area contributed by atoms with E-state index in [1.54, 1.807) is 35.3 Å². The molecule has 0 unspecified atom stereocenters. The maximum Gasteiger partial charge on any atom is 0.264 e. The minimum absolute atomic E-state index is 0.124. The van der Waals surface area contributed by atoms with E-state index in [1.807, 2.05) is 30.3 Å². The van der Waals surface area contributed by atoms with E-state index in [9.17, 15) is 8.42 Å². The Morgan fingerprint density at radius 3 is 2.70 bits per heavy atom. The first-order valence-corrected chi connectivity index (χ1v) is 10.0. The first kappa shape index (κ1) is 17.5. The van der Waals surface area contributed by atoms with Crippen LogP contribution in [0.15, 0.2) is 78.1 Å². The van der Waals surface area contributed by atoms with Crippen LogP contribution in [0.4, 0.5) is 5.69 Å². The second-order valence-electron chi connectivity index (χ2n) is 5.95. The van der Waals surface area contributed by atoms with Crippen LogP contribution in [-0.4, -0.2) is 23.2 Å². The highest BCUT2D eigenvalue weighted by molar-refractivity contribution is 7.93. The molecule has 0 atom stereocenters. The third kappa shape index (κ3) is 3.65. The van der Waals surface area contributed by atoms with Gasteiger partial charge in [0.05, 0.1) is 23.9 Å². The lowest BCUT2D eigenvalue weighted by molar-refractivity contribution is 0.602. The molecular weight excluding hydrogens is 384 g/mol. The lowest BCUT2D eigenvalue weighted by Crippen LogP contribution is -2.13. The number of nitrogens with one attached hydrogen (secondary N) is 1. The number of benzene rings is 2. The second-order valence-corrected chi connectivity index (χ2v) is 8.01. The third-order valence-electron chi connectivity index (χ3n) is 4.06. The number of hydrogen-bond donors (Lipinski definition) is 1. The number of hydrogen-bond acceptors (Lipinski definition) is 4. The van der Waals surface area contributed by atoms with Gasteiger partial charge in [-0.2, -0.15) is 5.10 Å². The molecule has 8 heteroatoms. The Morgan fingerprint density at radius 1 is 1.04 bits per heavy atom. The van der Waals surface area contributed by atoms with E-state index >= 15 is 0 Å². The molecule has 4 aromatic rings. The van der Waals surface area contributed by atoms with Gasteiger partial charge < -0.3 is 0 Å². The summed E-state index contributed by atoms with van der Waals surface area (Å²) in [5.41, 5.74) is 1.70. The van der Waals surface area contributed by atoms with Crippen molar-refractivity contribution in [3.05, 3.63) is 83.8 Å². The summed E-state index contributed by atoms with van der Waals surface area (Å²) in [6.07, 6.45) is 4.66. The van der Waals surface area contributed by atoms with Crippen molar-refractivity contribution >= 4 is 38.2 Å². The summed E-state index contributed by atoms with van der Waals surface area (Å²) in [4.78, 5) is 4.33. The Kier molecular flexibility index (Phi) is 4.55. The van der Waals surface area contributed by atoms with Gasteiger partial charge in [0.1, 0.15) is 4.90 Å². The van der Waals surface area contributed by atoms with Crippen LogP contribution in [0, 0.1) is 0 Å². The van der Waals surface area contributed by atoms with Crippen LogP contribution in [-0.2, 0) is 16.6 Å². The number of fused-ring (bicyclic) bond motifs is 1. The fourth-order valence-corrected chi connectivity index (χ4v) is 4.21. The Labute approximate surface area is 161 Å². The van der Waals surface area contributed by atoms with Crippen molar-refractivity contribution in [3.63, 3.8) is 0 Å². The van der Waals surface area contributed by atoms with E-state index in [0.29, 0.717) is 22.8 Å². The standard InChI is InChI=1S/C19H15ClN4O2S/c20-17-8-2-1-5-15(17)12-24-13-16(11-22-24)23-27(25,26)18-9-3-6-14-7-4-10-21-19(14)18/h1-11,13,23H,12H2. The van der Waals surface area contributed by atoms with Crippen LogP contribution in [0.3, 0.4) is 0 Å². The quantitative estimate of drug-likeness (QED) is 0.552. The molecule has 4 rings (SSSR count). The molecule has 0 saturated carbocycles. The average Bonchev–Trinajstić information content (AvgIpc) is 3.09. The predicted molar refractivity (Wildman–Crippen MR) is 105 cm³/mol. The largest absolute Gasteiger partial charge is 0.276 e. The molecule has 0 saturated heterocycles. The highest BCUT2D eigenvalue weighted by Crippen LogP contribution is 2.23. The van der Waals surface area contributed by atoms with Crippen LogP contribution in [0.2, 0.25) is 5.02 Å². The minimum Gasteiger partial charge on any atom is -0.276 e. The molecule has 0 aliphatic carbocycles. The van der Waals surface area contributed by atoms with Crippen molar-refractivity contribution in [1.29, 1.82) is 0 Å². The number of halogens is 1. The number of sulfonamides is 1. The second kappa shape index (κ2) is 7.02. The Bertz CT molecular complexity index is 1220. The molecule has 0 radical (unpaired) electrons. The van der Waals surface area contributed by atoms with E-state index in [4.69, 9.17) is 11.6 Å². The van der Waals surface area contributed by atoms with Gasteiger partial charge in [0.2, 0.25) is 0 Å². The first-order chi connectivity index (χ1) is 13.0. The molecule has 136 valence electrons. The molecule has 0 bridgehead atoms. The molecule has 2 aromatic heterocycles. The maximum absolute atomic E-state index is 12.8. The van der Waals surface area contributed by atoms with Crippen LogP contribution in [0.5, 0.6) is 0 Å². The lowest BCUT2D eigenvalue weighted by Gasteiger charge is -2.08. The van der Waals surface area contributed by atoms with Gasteiger partial charge in [-0.25, -0.2) is 8.42 Å². The van der Waals surface area contributed by atoms with Crippen molar-refractivity contribution in [1.82, 2.24) is 14.8 Å². The number of para-hydroxylation sites is 1. The van der Waals surface area contributed by atoms with E-state index < -0.39 is 10.0 Å². The van der Waals surface area contributed by atoms with E-state index in [1.165, 1.54) is 12.3 Å². The van der Waals surface area contributed by atoms with Gasteiger partial charge in [0.25, 0.3) is 10.0 Å². The molecule has 6 nitrogen and oxygen atoms in total. The van der Waals surface area contributed by atoms with Gasteiger partial charge >= 0.3 is 0 Å². The average molecular weight is 399 g/mol. The monoisotopic (exact) mass is 398 g/mol. The van der Waals surface area contributed by atoms with Gasteiger partial charge in [-0.3, -0.25) is 14.4 Å². The summed E-state index contributed by atoms with van der Waals surface area (Å²) in [7, 11) is -3.80. The first-order valence-electron chi connectivity index (χ1n) is 8.15. The normalized spacial score (nSPS) is 11.6. The molecule has 1 N–H and O–H groups in total. The Balaban J connectivity index is 1.60. The van der Waals surface area contributed by atoms with Gasteiger partial charge in [-0.1, -0.05) is 48.0 Å². The third-order valence-corrected chi connectivity index (χ3v) is 5.84. The van der Waals surface area contributed by atoms with Crippen molar-refractivity contribution in [2.45, 2.75) is 11.4 Å². The van der Waals surface area contributed by atoms with E-state index in [2.05, 4.69) is 14.8 Å². The number of nitrogens with zero attached hydrogens (tertiary/aromatic N) is 3. The fourth-order valence-electron chi connectivity index (χ4n) is 2.81. The van der Waals surface area contributed by atoms with Crippen LogP contribution in [0.1, 0.15) is 5.56 Å². The zero-order valence-corrected chi connectivity index (χ0v) is 15.7. The molecule has 2 heterocycles. The summed E-state index contributed by atoms with van der Waals surface area (Å²) in [5.74, 6) is 0. The number of anilines is 1. The van der Waals surface area contributed by atoms with Crippen molar-refractivity contribution in [2.75, 3.05) is 4.72 Å². The van der Waals surface area contributed by atoms with Crippen LogP contribution >= 0.6 is 11.6 Å². The minimum atomic E-state index is -3.80. The van der Waals surface area contributed by atoms with Gasteiger partial charge in [-0.15, -0.1) is 0 Å². The van der Waals surface area contributed by atoms with Gasteiger partial charge in [0, 0.05) is 22.8 Å². The summed E-state index contributed by atoms with van der Waals surface area (Å²) >= 11 is 6.16. The highest BCUT2D eigenvalue weighted by atomic mass is 35.5. The van der Waals surface area contributed by atoms with Gasteiger partial charge in [-0.05, 0) is 23.8 Å². The SMILES string of the molecule is O=S(=O)(Nc1cnn(Cc2ccccc2Cl)c1)c1cccc2cccnc12. The molecule has 0 aliphatic rings. The molecule has 0 aliphatic heterocycles. The summed E-state index contributed by atoms with van der Waals surface area (Å²) in [6.45, 7) is 0.442. The van der Waals surface area contributed by atoms with Crippen molar-refractivity contribution in [3.8, 4) is 0 Å². The fraction of sp³-hybridized carbons (Fsp3) is 0.0526. The lowest BCUT2D eigenvalue weighted by atomic mass is 10.2. The topological polar surface area (TPSA) is 76.9 Å². The molecule has 0 spiro atoms. The van der Waals surface area contributed by atoms with Crippen molar-refractivity contribution < 1.29 is 8.42 Å². The molecular formula is C19H15ClN4O2S. The van der Waals surface area contributed by atoms with Gasteiger partial charge in [0.15, 0.2) is 0 Å². The van der Waals surface area contributed by atoms with E-state index in [0.717, 1.165) is 10.9 Å². The zero-order valence-electron chi connectivity index (χ0n) is 14.1. The summed E-state index contributed by atoms with van der Waals surface area (Å²) < 4.78 is 29.8. The van der Waals surface area contributed by atoms with Crippen LogP contribution in [0.25, 0.3) is 10.9 Å². The van der Waals surface area contributed by atoms with E-state index in [-0.39, 0.29) is 4.90 Å². The Morgan fingerprint density at radius 2 is 1.85 bits per heavy atom. The van der Waals surface area contributed by atoms with Crippen LogP contribution < -0.4 is 4.72 Å². The Hall–Kier alpha value is -2.90. The number of aromatic nitrogens is 3. The summed E-state index contributed by atoms with van der Waals surface area (Å²) in [6, 6.07) is 16.1. The number of pyridine rings is 1. The van der Waals surface area contributed by atoms with Crippen molar-refractivity contribution in [2.24, 2.45) is 0 Å².